The lowest BCUT2D eigenvalue weighted by Crippen LogP contribution is -2.46. The van der Waals surface area contributed by atoms with Gasteiger partial charge in [0.15, 0.2) is 0 Å². The van der Waals surface area contributed by atoms with Crippen molar-refractivity contribution in [1.29, 1.82) is 5.26 Å². The van der Waals surface area contributed by atoms with Crippen LogP contribution in [0.4, 0.5) is 4.39 Å². The van der Waals surface area contributed by atoms with Gasteiger partial charge in [-0.15, -0.1) is 0 Å². The SMILES string of the molecule is Cn1c(C(=O)N2CCC[C@@H](N)C2)cc(-c2ccc(C#N)c(F)c2)c1-c1ccc2c(c1)ncn2C. The number of rotatable bonds is 3. The van der Waals surface area contributed by atoms with E-state index in [9.17, 15) is 9.18 Å². The second-order valence-electron chi connectivity index (χ2n) is 8.87. The first-order chi connectivity index (χ1) is 16.4. The van der Waals surface area contributed by atoms with Crippen molar-refractivity contribution in [2.75, 3.05) is 13.1 Å². The van der Waals surface area contributed by atoms with E-state index in [1.54, 1.807) is 23.4 Å². The molecule has 1 atom stereocenters. The number of hydrogen-bond donors (Lipinski definition) is 1. The monoisotopic (exact) mass is 456 g/mol. The van der Waals surface area contributed by atoms with E-state index in [-0.39, 0.29) is 17.5 Å². The molecule has 0 aliphatic carbocycles. The summed E-state index contributed by atoms with van der Waals surface area (Å²) in [5.74, 6) is -0.692. The number of aryl methyl sites for hydroxylation is 1. The zero-order chi connectivity index (χ0) is 24.0. The molecule has 1 amide bonds. The quantitative estimate of drug-likeness (QED) is 0.507. The fourth-order valence-corrected chi connectivity index (χ4v) is 4.79. The van der Waals surface area contributed by atoms with Crippen LogP contribution in [0.25, 0.3) is 33.4 Å². The molecule has 2 N–H and O–H groups in total. The summed E-state index contributed by atoms with van der Waals surface area (Å²) in [6.45, 7) is 1.17. The van der Waals surface area contributed by atoms with Gasteiger partial charge in [0.1, 0.15) is 17.6 Å². The molecule has 3 heterocycles. The summed E-state index contributed by atoms with van der Waals surface area (Å²) in [7, 11) is 3.78. The van der Waals surface area contributed by atoms with Gasteiger partial charge >= 0.3 is 0 Å². The van der Waals surface area contributed by atoms with Crippen LogP contribution in [-0.2, 0) is 14.1 Å². The molecule has 2 aromatic carbocycles. The highest BCUT2D eigenvalue weighted by Gasteiger charge is 2.27. The molecule has 8 heteroatoms. The summed E-state index contributed by atoms with van der Waals surface area (Å²) < 4.78 is 18.3. The van der Waals surface area contributed by atoms with E-state index < -0.39 is 5.82 Å². The number of imidazole rings is 1. The molecule has 1 saturated heterocycles. The highest BCUT2D eigenvalue weighted by atomic mass is 19.1. The van der Waals surface area contributed by atoms with Gasteiger partial charge in [-0.1, -0.05) is 12.1 Å². The van der Waals surface area contributed by atoms with E-state index in [2.05, 4.69) is 4.98 Å². The maximum absolute atomic E-state index is 14.5. The molecule has 4 aromatic rings. The standard InChI is InChI=1S/C26H25FN6O/c1-31-15-30-22-11-17(7-8-23(22)31)25-20(16-5-6-18(13-28)21(27)10-16)12-24(32(25)2)26(34)33-9-3-4-19(29)14-33/h5-8,10-12,15,19H,3-4,9,14,29H2,1-2H3/t19-/m1/s1. The van der Waals surface area contributed by atoms with Gasteiger partial charge in [-0.2, -0.15) is 5.26 Å². The number of nitrogens with two attached hydrogens (primary N) is 1. The predicted molar refractivity (Wildman–Crippen MR) is 128 cm³/mol. The Morgan fingerprint density at radius 1 is 1.18 bits per heavy atom. The largest absolute Gasteiger partial charge is 0.339 e. The number of fused-ring (bicyclic) bond motifs is 1. The first-order valence-electron chi connectivity index (χ1n) is 11.2. The van der Waals surface area contributed by atoms with Gasteiger partial charge in [-0.25, -0.2) is 9.37 Å². The number of nitriles is 1. The lowest BCUT2D eigenvalue weighted by Gasteiger charge is -2.30. The van der Waals surface area contributed by atoms with E-state index in [0.29, 0.717) is 29.9 Å². The molecule has 172 valence electrons. The fraction of sp³-hybridized carbons (Fsp3) is 0.269. The second kappa shape index (κ2) is 8.43. The van der Waals surface area contributed by atoms with Crippen molar-refractivity contribution in [2.45, 2.75) is 18.9 Å². The number of carbonyl (C=O) groups excluding carboxylic acids is 1. The topological polar surface area (TPSA) is 92.9 Å². The lowest BCUT2D eigenvalue weighted by molar-refractivity contribution is 0.0699. The van der Waals surface area contributed by atoms with Crippen molar-refractivity contribution in [3.05, 3.63) is 65.9 Å². The minimum absolute atomic E-state index is 0.0188. The molecule has 34 heavy (non-hydrogen) atoms. The molecule has 1 aliphatic rings. The first-order valence-corrected chi connectivity index (χ1v) is 11.2. The average Bonchev–Trinajstić information content (AvgIpc) is 3.38. The molecular weight excluding hydrogens is 431 g/mol. The van der Waals surface area contributed by atoms with Crippen LogP contribution < -0.4 is 5.73 Å². The maximum atomic E-state index is 14.5. The van der Waals surface area contributed by atoms with Crippen LogP contribution in [0.1, 0.15) is 28.9 Å². The van der Waals surface area contributed by atoms with Crippen molar-refractivity contribution in [3.8, 4) is 28.5 Å². The Bertz CT molecular complexity index is 1460. The summed E-state index contributed by atoms with van der Waals surface area (Å²) in [5.41, 5.74) is 11.4. The molecule has 1 fully saturated rings. The van der Waals surface area contributed by atoms with Crippen LogP contribution in [0.5, 0.6) is 0 Å². The van der Waals surface area contributed by atoms with Crippen LogP contribution in [-0.4, -0.2) is 44.1 Å². The number of piperidine rings is 1. The van der Waals surface area contributed by atoms with Gasteiger partial charge in [-0.3, -0.25) is 4.79 Å². The number of carbonyl (C=O) groups is 1. The van der Waals surface area contributed by atoms with Gasteiger partial charge < -0.3 is 19.8 Å². The maximum Gasteiger partial charge on any atom is 0.270 e. The number of benzene rings is 2. The highest BCUT2D eigenvalue weighted by molar-refractivity contribution is 5.98. The molecule has 0 saturated carbocycles. The molecule has 2 aromatic heterocycles. The van der Waals surface area contributed by atoms with Crippen LogP contribution in [0, 0.1) is 17.1 Å². The van der Waals surface area contributed by atoms with Crippen molar-refractivity contribution < 1.29 is 9.18 Å². The van der Waals surface area contributed by atoms with Crippen molar-refractivity contribution >= 4 is 16.9 Å². The number of nitrogens with zero attached hydrogens (tertiary/aromatic N) is 5. The molecule has 1 aliphatic heterocycles. The lowest BCUT2D eigenvalue weighted by atomic mass is 9.99. The van der Waals surface area contributed by atoms with E-state index >= 15 is 0 Å². The highest BCUT2D eigenvalue weighted by Crippen LogP contribution is 2.37. The Morgan fingerprint density at radius 3 is 2.71 bits per heavy atom. The number of amides is 1. The number of aromatic nitrogens is 3. The van der Waals surface area contributed by atoms with Crippen LogP contribution in [0.2, 0.25) is 0 Å². The summed E-state index contributed by atoms with van der Waals surface area (Å²) in [4.78, 5) is 19.7. The smallest absolute Gasteiger partial charge is 0.270 e. The minimum Gasteiger partial charge on any atom is -0.339 e. The van der Waals surface area contributed by atoms with Crippen LogP contribution in [0.3, 0.4) is 0 Å². The van der Waals surface area contributed by atoms with Gasteiger partial charge in [-0.05, 0) is 48.7 Å². The number of hydrogen-bond acceptors (Lipinski definition) is 4. The van der Waals surface area contributed by atoms with Gasteiger partial charge in [0.2, 0.25) is 0 Å². The Labute approximate surface area is 196 Å². The minimum atomic E-state index is -0.593. The van der Waals surface area contributed by atoms with Crippen molar-refractivity contribution in [3.63, 3.8) is 0 Å². The Balaban J connectivity index is 1.68. The van der Waals surface area contributed by atoms with Crippen LogP contribution >= 0.6 is 0 Å². The number of likely N-dealkylation sites (tertiary alicyclic amines) is 1. The van der Waals surface area contributed by atoms with Crippen LogP contribution in [0.15, 0.2) is 48.8 Å². The van der Waals surface area contributed by atoms with Crippen molar-refractivity contribution in [1.82, 2.24) is 19.0 Å². The first kappa shape index (κ1) is 21.9. The normalized spacial score (nSPS) is 16.1. The number of halogens is 1. The molecule has 0 radical (unpaired) electrons. The van der Waals surface area contributed by atoms with Gasteiger partial charge in [0, 0.05) is 44.4 Å². The summed E-state index contributed by atoms with van der Waals surface area (Å²) in [5, 5.41) is 9.14. The molecular formula is C26H25FN6O. The zero-order valence-electron chi connectivity index (χ0n) is 19.1. The van der Waals surface area contributed by atoms with E-state index in [0.717, 1.165) is 35.1 Å². The van der Waals surface area contributed by atoms with E-state index in [4.69, 9.17) is 11.0 Å². The molecule has 0 unspecified atom stereocenters. The summed E-state index contributed by atoms with van der Waals surface area (Å²) in [6, 6.07) is 14.1. The van der Waals surface area contributed by atoms with E-state index in [1.165, 1.54) is 12.1 Å². The van der Waals surface area contributed by atoms with Gasteiger partial charge in [0.05, 0.1) is 28.6 Å². The predicted octanol–water partition coefficient (Wildman–Crippen LogP) is 3.82. The molecule has 5 rings (SSSR count). The Kier molecular flexibility index (Phi) is 5.42. The fourth-order valence-electron chi connectivity index (χ4n) is 4.79. The zero-order valence-corrected chi connectivity index (χ0v) is 19.1. The van der Waals surface area contributed by atoms with E-state index in [1.807, 2.05) is 47.5 Å². The third kappa shape index (κ3) is 3.64. The second-order valence-corrected chi connectivity index (χ2v) is 8.87. The molecule has 0 spiro atoms. The molecule has 0 bridgehead atoms. The van der Waals surface area contributed by atoms with Gasteiger partial charge in [0.25, 0.3) is 5.91 Å². The Morgan fingerprint density at radius 2 is 1.97 bits per heavy atom. The summed E-state index contributed by atoms with van der Waals surface area (Å²) in [6.07, 6.45) is 3.53. The third-order valence-corrected chi connectivity index (χ3v) is 6.60. The molecule has 7 nitrogen and oxygen atoms in total. The summed E-state index contributed by atoms with van der Waals surface area (Å²) >= 11 is 0. The Hall–Kier alpha value is -3.96. The average molecular weight is 457 g/mol. The third-order valence-electron chi connectivity index (χ3n) is 6.60. The van der Waals surface area contributed by atoms with Crippen molar-refractivity contribution in [2.24, 2.45) is 19.8 Å².